The van der Waals surface area contributed by atoms with E-state index in [0.29, 0.717) is 30.4 Å². The highest BCUT2D eigenvalue weighted by molar-refractivity contribution is 5.96. The Morgan fingerprint density at radius 3 is 2.68 bits per heavy atom. The number of amidine groups is 1. The molecule has 1 aromatic carbocycles. The average Bonchev–Trinajstić information content (AvgIpc) is 2.84. The van der Waals surface area contributed by atoms with Crippen molar-refractivity contribution < 1.29 is 9.73 Å². The predicted octanol–water partition coefficient (Wildman–Crippen LogP) is 0.762. The van der Waals surface area contributed by atoms with Crippen LogP contribution in [0.1, 0.15) is 22.8 Å². The lowest BCUT2D eigenvalue weighted by molar-refractivity contribution is 0.318. The van der Waals surface area contributed by atoms with E-state index in [4.69, 9.17) is 15.5 Å². The Labute approximate surface area is 110 Å². The standard InChI is InChI=1S/C12H15N5O2/c1-8-15-11(17-19-8)7-14-6-9-2-4-10(5-3-9)12(13)16-18/h2-5,14,18H,6-7H2,1H3,(H2,13,16). The summed E-state index contributed by atoms with van der Waals surface area (Å²) in [6, 6.07) is 7.40. The van der Waals surface area contributed by atoms with Gasteiger partial charge in [0.1, 0.15) is 0 Å². The van der Waals surface area contributed by atoms with Crippen molar-refractivity contribution in [3.8, 4) is 0 Å². The van der Waals surface area contributed by atoms with Crippen molar-refractivity contribution in [1.82, 2.24) is 15.5 Å². The van der Waals surface area contributed by atoms with Crippen molar-refractivity contribution in [2.75, 3.05) is 0 Å². The van der Waals surface area contributed by atoms with Gasteiger partial charge in [-0.15, -0.1) is 0 Å². The zero-order chi connectivity index (χ0) is 13.7. The van der Waals surface area contributed by atoms with Crippen LogP contribution >= 0.6 is 0 Å². The van der Waals surface area contributed by atoms with Crippen LogP contribution in [0.2, 0.25) is 0 Å². The zero-order valence-corrected chi connectivity index (χ0v) is 10.5. The van der Waals surface area contributed by atoms with Gasteiger partial charge in [0.2, 0.25) is 5.89 Å². The summed E-state index contributed by atoms with van der Waals surface area (Å²) < 4.78 is 4.87. The lowest BCUT2D eigenvalue weighted by Crippen LogP contribution is -2.15. The first kappa shape index (κ1) is 13.0. The SMILES string of the molecule is Cc1nc(CNCc2ccc(/C(N)=N/O)cc2)no1. The molecule has 100 valence electrons. The van der Waals surface area contributed by atoms with E-state index in [1.54, 1.807) is 19.1 Å². The minimum absolute atomic E-state index is 0.0989. The average molecular weight is 261 g/mol. The van der Waals surface area contributed by atoms with E-state index >= 15 is 0 Å². The van der Waals surface area contributed by atoms with Gasteiger partial charge in [0.05, 0.1) is 6.54 Å². The molecule has 0 bridgehead atoms. The molecule has 0 aliphatic rings. The number of nitrogens with zero attached hydrogens (tertiary/aromatic N) is 3. The van der Waals surface area contributed by atoms with Gasteiger partial charge in [-0.05, 0) is 5.56 Å². The quantitative estimate of drug-likeness (QED) is 0.317. The van der Waals surface area contributed by atoms with Crippen molar-refractivity contribution in [3.63, 3.8) is 0 Å². The molecule has 7 nitrogen and oxygen atoms in total. The first-order valence-corrected chi connectivity index (χ1v) is 5.76. The lowest BCUT2D eigenvalue weighted by atomic mass is 10.1. The molecule has 1 aromatic heterocycles. The van der Waals surface area contributed by atoms with Crippen LogP contribution in [0.15, 0.2) is 33.9 Å². The molecule has 0 atom stereocenters. The number of hydrogen-bond acceptors (Lipinski definition) is 6. The van der Waals surface area contributed by atoms with E-state index in [0.717, 1.165) is 5.56 Å². The molecule has 0 fully saturated rings. The minimum Gasteiger partial charge on any atom is -0.409 e. The van der Waals surface area contributed by atoms with Crippen molar-refractivity contribution in [2.45, 2.75) is 20.0 Å². The normalized spacial score (nSPS) is 11.7. The van der Waals surface area contributed by atoms with E-state index in [9.17, 15) is 0 Å². The van der Waals surface area contributed by atoms with Crippen molar-refractivity contribution in [2.24, 2.45) is 10.9 Å². The fourth-order valence-electron chi connectivity index (χ4n) is 1.58. The second-order valence-corrected chi connectivity index (χ2v) is 4.02. The van der Waals surface area contributed by atoms with E-state index < -0.39 is 0 Å². The van der Waals surface area contributed by atoms with Gasteiger partial charge in [0.15, 0.2) is 11.7 Å². The molecule has 0 unspecified atom stereocenters. The minimum atomic E-state index is 0.0989. The van der Waals surface area contributed by atoms with Gasteiger partial charge in [-0.2, -0.15) is 4.98 Å². The molecule has 2 aromatic rings. The molecular formula is C12H15N5O2. The fourth-order valence-corrected chi connectivity index (χ4v) is 1.58. The molecular weight excluding hydrogens is 246 g/mol. The summed E-state index contributed by atoms with van der Waals surface area (Å²) in [4.78, 5) is 4.09. The smallest absolute Gasteiger partial charge is 0.223 e. The highest BCUT2D eigenvalue weighted by Crippen LogP contribution is 2.04. The Balaban J connectivity index is 1.86. The Morgan fingerprint density at radius 1 is 1.37 bits per heavy atom. The third-order valence-corrected chi connectivity index (χ3v) is 2.54. The van der Waals surface area contributed by atoms with Gasteiger partial charge >= 0.3 is 0 Å². The largest absolute Gasteiger partial charge is 0.409 e. The van der Waals surface area contributed by atoms with Crippen LogP contribution in [-0.2, 0) is 13.1 Å². The highest BCUT2D eigenvalue weighted by atomic mass is 16.5. The summed E-state index contributed by atoms with van der Waals surface area (Å²) in [6.45, 7) is 2.96. The highest BCUT2D eigenvalue weighted by Gasteiger charge is 2.02. The van der Waals surface area contributed by atoms with Gasteiger partial charge in [-0.3, -0.25) is 0 Å². The van der Waals surface area contributed by atoms with Crippen molar-refractivity contribution >= 4 is 5.84 Å². The van der Waals surface area contributed by atoms with Crippen LogP contribution in [0.4, 0.5) is 0 Å². The predicted molar refractivity (Wildman–Crippen MR) is 68.5 cm³/mol. The maximum absolute atomic E-state index is 8.55. The molecule has 0 radical (unpaired) electrons. The van der Waals surface area contributed by atoms with Crippen LogP contribution in [-0.4, -0.2) is 21.2 Å². The van der Waals surface area contributed by atoms with Crippen LogP contribution < -0.4 is 11.1 Å². The topological polar surface area (TPSA) is 110 Å². The fraction of sp³-hybridized carbons (Fsp3) is 0.250. The number of nitrogens with two attached hydrogens (primary N) is 1. The number of aryl methyl sites for hydroxylation is 1. The summed E-state index contributed by atoms with van der Waals surface area (Å²) >= 11 is 0. The third-order valence-electron chi connectivity index (χ3n) is 2.54. The number of rotatable bonds is 5. The molecule has 0 spiro atoms. The zero-order valence-electron chi connectivity index (χ0n) is 10.5. The lowest BCUT2D eigenvalue weighted by Gasteiger charge is -2.04. The van der Waals surface area contributed by atoms with Crippen LogP contribution in [0.3, 0.4) is 0 Å². The maximum atomic E-state index is 8.55. The Morgan fingerprint density at radius 2 is 2.11 bits per heavy atom. The monoisotopic (exact) mass is 261 g/mol. The molecule has 7 heteroatoms. The molecule has 19 heavy (non-hydrogen) atoms. The van der Waals surface area contributed by atoms with Crippen molar-refractivity contribution in [1.29, 1.82) is 0 Å². The van der Waals surface area contributed by atoms with Crippen LogP contribution in [0, 0.1) is 6.92 Å². The van der Waals surface area contributed by atoms with E-state index in [1.165, 1.54) is 0 Å². The molecule has 0 aliphatic carbocycles. The van der Waals surface area contributed by atoms with Crippen LogP contribution in [0.25, 0.3) is 0 Å². The number of nitrogens with one attached hydrogen (secondary N) is 1. The second kappa shape index (κ2) is 5.96. The van der Waals surface area contributed by atoms with Gasteiger partial charge < -0.3 is 20.8 Å². The molecule has 0 aliphatic heterocycles. The summed E-state index contributed by atoms with van der Waals surface area (Å²) in [5.74, 6) is 1.28. The Bertz CT molecular complexity index is 562. The summed E-state index contributed by atoms with van der Waals surface area (Å²) in [5, 5.41) is 18.5. The Kier molecular flexibility index (Phi) is 4.09. The summed E-state index contributed by atoms with van der Waals surface area (Å²) in [6.07, 6.45) is 0. The number of oxime groups is 1. The number of aromatic nitrogens is 2. The number of benzene rings is 1. The van der Waals surface area contributed by atoms with Gasteiger partial charge in [0.25, 0.3) is 0 Å². The van der Waals surface area contributed by atoms with Gasteiger partial charge in [0, 0.05) is 19.0 Å². The maximum Gasteiger partial charge on any atom is 0.223 e. The first-order valence-electron chi connectivity index (χ1n) is 5.76. The van der Waals surface area contributed by atoms with E-state index in [2.05, 4.69) is 20.6 Å². The molecule has 0 amide bonds. The summed E-state index contributed by atoms with van der Waals surface area (Å²) in [7, 11) is 0. The third kappa shape index (κ3) is 3.52. The first-order chi connectivity index (χ1) is 9.19. The van der Waals surface area contributed by atoms with E-state index in [-0.39, 0.29) is 5.84 Å². The molecule has 4 N–H and O–H groups in total. The second-order valence-electron chi connectivity index (χ2n) is 4.02. The van der Waals surface area contributed by atoms with Crippen LogP contribution in [0.5, 0.6) is 0 Å². The summed E-state index contributed by atoms with van der Waals surface area (Å²) in [5.41, 5.74) is 7.24. The number of hydrogen-bond donors (Lipinski definition) is 3. The van der Waals surface area contributed by atoms with Gasteiger partial charge in [-0.25, -0.2) is 0 Å². The van der Waals surface area contributed by atoms with E-state index in [1.807, 2.05) is 12.1 Å². The Hall–Kier alpha value is -2.41. The molecule has 1 heterocycles. The molecule has 2 rings (SSSR count). The van der Waals surface area contributed by atoms with Crippen molar-refractivity contribution in [3.05, 3.63) is 47.1 Å². The molecule has 0 saturated heterocycles. The molecule has 0 saturated carbocycles. The van der Waals surface area contributed by atoms with Gasteiger partial charge in [-0.1, -0.05) is 34.6 Å².